The van der Waals surface area contributed by atoms with Crippen molar-refractivity contribution in [3.8, 4) is 0 Å². The van der Waals surface area contributed by atoms with Gasteiger partial charge in [0.05, 0.1) is 12.0 Å². The highest BCUT2D eigenvalue weighted by molar-refractivity contribution is 7.89. The normalized spacial score (nSPS) is 12.9. The Labute approximate surface area is 159 Å². The molecular formula is C18H27FN2O5S. The van der Waals surface area contributed by atoms with Gasteiger partial charge in [0.1, 0.15) is 11.9 Å². The van der Waals surface area contributed by atoms with Gasteiger partial charge in [0.25, 0.3) is 0 Å². The molecule has 0 radical (unpaired) electrons. The van der Waals surface area contributed by atoms with E-state index in [2.05, 4.69) is 5.32 Å². The quantitative estimate of drug-likeness (QED) is 0.604. The van der Waals surface area contributed by atoms with Crippen LogP contribution in [0.5, 0.6) is 0 Å². The highest BCUT2D eigenvalue weighted by Crippen LogP contribution is 2.15. The van der Waals surface area contributed by atoms with Crippen molar-refractivity contribution in [2.24, 2.45) is 5.92 Å². The molecule has 0 heterocycles. The Bertz CT molecular complexity index is 735. The molecule has 0 saturated heterocycles. The predicted octanol–water partition coefficient (Wildman–Crippen LogP) is 1.93. The van der Waals surface area contributed by atoms with Crippen LogP contribution in [-0.4, -0.2) is 51.3 Å². The molecule has 0 bridgehead atoms. The van der Waals surface area contributed by atoms with Gasteiger partial charge in [-0.25, -0.2) is 21.9 Å². The summed E-state index contributed by atoms with van der Waals surface area (Å²) in [5, 5.41) is 2.63. The fraction of sp³-hybridized carbons (Fsp3) is 0.556. The second kappa shape index (κ2) is 10.4. The maximum Gasteiger partial charge on any atom is 0.328 e. The number of halogens is 1. The van der Waals surface area contributed by atoms with Gasteiger partial charge in [0, 0.05) is 20.0 Å². The summed E-state index contributed by atoms with van der Waals surface area (Å²) in [5.41, 5.74) is 0. The number of esters is 1. The average Bonchev–Trinajstić information content (AvgIpc) is 2.60. The van der Waals surface area contributed by atoms with Crippen molar-refractivity contribution in [3.05, 3.63) is 30.1 Å². The third-order valence-electron chi connectivity index (χ3n) is 3.93. The molecule has 0 spiro atoms. The van der Waals surface area contributed by atoms with Crippen molar-refractivity contribution < 1.29 is 27.1 Å². The SMILES string of the molecule is COC(=O)[C@@H](CC(C)C)NC(=O)CCCN(C)S(=O)(=O)c1ccc(F)cc1. The van der Waals surface area contributed by atoms with Crippen molar-refractivity contribution in [2.45, 2.75) is 44.0 Å². The van der Waals surface area contributed by atoms with Crippen molar-refractivity contribution in [1.29, 1.82) is 0 Å². The first-order valence-electron chi connectivity index (χ1n) is 8.67. The molecule has 0 aliphatic rings. The number of carbonyl (C=O) groups is 2. The fourth-order valence-electron chi connectivity index (χ4n) is 2.46. The zero-order valence-corrected chi connectivity index (χ0v) is 16.9. The van der Waals surface area contributed by atoms with Gasteiger partial charge in [0.15, 0.2) is 0 Å². The van der Waals surface area contributed by atoms with Gasteiger partial charge in [-0.15, -0.1) is 0 Å². The topological polar surface area (TPSA) is 92.8 Å². The molecule has 1 atom stereocenters. The molecule has 9 heteroatoms. The minimum Gasteiger partial charge on any atom is -0.467 e. The molecule has 27 heavy (non-hydrogen) atoms. The molecule has 1 rings (SSSR count). The molecule has 1 aromatic rings. The van der Waals surface area contributed by atoms with Crippen molar-refractivity contribution in [1.82, 2.24) is 9.62 Å². The molecule has 0 saturated carbocycles. The molecule has 1 aromatic carbocycles. The van der Waals surface area contributed by atoms with Gasteiger partial charge in [0.2, 0.25) is 15.9 Å². The molecule has 0 aromatic heterocycles. The van der Waals surface area contributed by atoms with E-state index >= 15 is 0 Å². The smallest absolute Gasteiger partial charge is 0.328 e. The lowest BCUT2D eigenvalue weighted by Crippen LogP contribution is -2.42. The maximum absolute atomic E-state index is 12.9. The Morgan fingerprint density at radius 3 is 2.33 bits per heavy atom. The number of nitrogens with one attached hydrogen (secondary N) is 1. The Kier molecular flexibility index (Phi) is 8.84. The fourth-order valence-corrected chi connectivity index (χ4v) is 3.67. The lowest BCUT2D eigenvalue weighted by atomic mass is 10.0. The van der Waals surface area contributed by atoms with Crippen LogP contribution in [0.2, 0.25) is 0 Å². The minimum absolute atomic E-state index is 0.0152. The summed E-state index contributed by atoms with van der Waals surface area (Å²) >= 11 is 0. The second-order valence-electron chi connectivity index (χ2n) is 6.66. The zero-order valence-electron chi connectivity index (χ0n) is 16.1. The molecule has 152 valence electrons. The molecule has 0 aliphatic carbocycles. The van der Waals surface area contributed by atoms with Crippen LogP contribution in [0.15, 0.2) is 29.2 Å². The van der Waals surface area contributed by atoms with Gasteiger partial charge in [-0.05, 0) is 43.0 Å². The number of methoxy groups -OCH3 is 1. The van der Waals surface area contributed by atoms with Crippen LogP contribution < -0.4 is 5.32 Å². The van der Waals surface area contributed by atoms with Gasteiger partial charge in [-0.1, -0.05) is 13.8 Å². The first kappa shape index (κ1) is 23.0. The van der Waals surface area contributed by atoms with E-state index in [9.17, 15) is 22.4 Å². The van der Waals surface area contributed by atoms with Gasteiger partial charge >= 0.3 is 5.97 Å². The lowest BCUT2D eigenvalue weighted by molar-refractivity contribution is -0.145. The zero-order chi connectivity index (χ0) is 20.6. The summed E-state index contributed by atoms with van der Waals surface area (Å²) < 4.78 is 43.5. The van der Waals surface area contributed by atoms with Crippen LogP contribution in [0.3, 0.4) is 0 Å². The molecule has 0 fully saturated rings. The van der Waals surface area contributed by atoms with E-state index in [0.29, 0.717) is 6.42 Å². The van der Waals surface area contributed by atoms with Gasteiger partial charge in [-0.3, -0.25) is 4.79 Å². The summed E-state index contributed by atoms with van der Waals surface area (Å²) in [6, 6.07) is 3.83. The number of rotatable bonds is 10. The maximum atomic E-state index is 12.9. The number of sulfonamides is 1. The van der Waals surface area contributed by atoms with Gasteiger partial charge in [-0.2, -0.15) is 0 Å². The van der Waals surface area contributed by atoms with E-state index in [0.717, 1.165) is 16.4 Å². The van der Waals surface area contributed by atoms with Crippen LogP contribution in [0.4, 0.5) is 4.39 Å². The van der Waals surface area contributed by atoms with E-state index < -0.39 is 27.9 Å². The Balaban J connectivity index is 2.56. The van der Waals surface area contributed by atoms with Crippen molar-refractivity contribution in [2.75, 3.05) is 20.7 Å². The number of hydrogen-bond acceptors (Lipinski definition) is 5. The number of carbonyl (C=O) groups excluding carboxylic acids is 2. The first-order chi connectivity index (χ1) is 12.6. The Morgan fingerprint density at radius 2 is 1.81 bits per heavy atom. The molecule has 0 aliphatic heterocycles. The van der Waals surface area contributed by atoms with E-state index in [1.54, 1.807) is 0 Å². The summed E-state index contributed by atoms with van der Waals surface area (Å²) in [6.07, 6.45) is 0.796. The third-order valence-corrected chi connectivity index (χ3v) is 5.80. The Morgan fingerprint density at radius 1 is 1.22 bits per heavy atom. The number of ether oxygens (including phenoxy) is 1. The van der Waals surface area contributed by atoms with E-state index in [-0.39, 0.29) is 36.1 Å². The molecule has 1 amide bonds. The van der Waals surface area contributed by atoms with Crippen molar-refractivity contribution >= 4 is 21.9 Å². The number of hydrogen-bond donors (Lipinski definition) is 1. The molecule has 7 nitrogen and oxygen atoms in total. The highest BCUT2D eigenvalue weighted by atomic mass is 32.2. The van der Waals surface area contributed by atoms with E-state index in [1.165, 1.54) is 26.3 Å². The highest BCUT2D eigenvalue weighted by Gasteiger charge is 2.23. The summed E-state index contributed by atoms with van der Waals surface area (Å²) in [6.45, 7) is 3.97. The van der Waals surface area contributed by atoms with Crippen LogP contribution >= 0.6 is 0 Å². The second-order valence-corrected chi connectivity index (χ2v) is 8.70. The van der Waals surface area contributed by atoms with Crippen LogP contribution in [0.25, 0.3) is 0 Å². The molecule has 0 unspecified atom stereocenters. The van der Waals surface area contributed by atoms with E-state index in [1.807, 2.05) is 13.8 Å². The van der Waals surface area contributed by atoms with Crippen LogP contribution in [0, 0.1) is 11.7 Å². The van der Waals surface area contributed by atoms with E-state index in [4.69, 9.17) is 4.74 Å². The summed E-state index contributed by atoms with van der Waals surface area (Å²) in [7, 11) is -1.09. The predicted molar refractivity (Wildman–Crippen MR) is 98.9 cm³/mol. The minimum atomic E-state index is -3.75. The summed E-state index contributed by atoms with van der Waals surface area (Å²) in [4.78, 5) is 23.8. The number of amides is 1. The monoisotopic (exact) mass is 402 g/mol. The number of nitrogens with zero attached hydrogens (tertiary/aromatic N) is 1. The van der Waals surface area contributed by atoms with Crippen LogP contribution in [0.1, 0.15) is 33.1 Å². The average molecular weight is 402 g/mol. The lowest BCUT2D eigenvalue weighted by Gasteiger charge is -2.19. The first-order valence-corrected chi connectivity index (χ1v) is 10.1. The number of benzene rings is 1. The van der Waals surface area contributed by atoms with Crippen molar-refractivity contribution in [3.63, 3.8) is 0 Å². The molecular weight excluding hydrogens is 375 g/mol. The van der Waals surface area contributed by atoms with Crippen LogP contribution in [-0.2, 0) is 24.3 Å². The summed E-state index contributed by atoms with van der Waals surface area (Å²) in [5.74, 6) is -1.18. The third kappa shape index (κ3) is 7.26. The van der Waals surface area contributed by atoms with Gasteiger partial charge < -0.3 is 10.1 Å². The largest absolute Gasteiger partial charge is 0.467 e. The standard InChI is InChI=1S/C18H27FN2O5S/c1-13(2)12-16(18(23)26-4)20-17(22)6-5-11-21(3)27(24,25)15-9-7-14(19)8-10-15/h7-10,13,16H,5-6,11-12H2,1-4H3,(H,20,22)/t16-/m1/s1. The Hall–Kier alpha value is -2.00. The molecule has 1 N–H and O–H groups in total.